The predicted molar refractivity (Wildman–Crippen MR) is 62.6 cm³/mol. The highest BCUT2D eigenvalue weighted by molar-refractivity contribution is 5.18. The highest BCUT2D eigenvalue weighted by Gasteiger charge is 2.19. The Kier molecular flexibility index (Phi) is 4.11. The molecule has 1 aromatic rings. The van der Waals surface area contributed by atoms with Crippen molar-refractivity contribution in [3.63, 3.8) is 0 Å². The Labute approximate surface area is 100 Å². The van der Waals surface area contributed by atoms with Gasteiger partial charge in [0.2, 0.25) is 0 Å². The minimum absolute atomic E-state index is 0.249. The summed E-state index contributed by atoms with van der Waals surface area (Å²) in [4.78, 5) is 0. The van der Waals surface area contributed by atoms with Crippen molar-refractivity contribution in [2.45, 2.75) is 44.6 Å². The third-order valence-electron chi connectivity index (χ3n) is 3.45. The summed E-state index contributed by atoms with van der Waals surface area (Å²) in [7, 11) is 0. The molecule has 1 saturated carbocycles. The number of rotatable bonds is 2. The van der Waals surface area contributed by atoms with Gasteiger partial charge in [-0.2, -0.15) is 0 Å². The van der Waals surface area contributed by atoms with Gasteiger partial charge in [0.15, 0.2) is 0 Å². The topological polar surface area (TPSA) is 20.2 Å². The number of benzene rings is 1. The van der Waals surface area contributed by atoms with Gasteiger partial charge in [-0.3, -0.25) is 0 Å². The Morgan fingerprint density at radius 2 is 1.71 bits per heavy atom. The van der Waals surface area contributed by atoms with Crippen LogP contribution in [0, 0.1) is 17.6 Å². The highest BCUT2D eigenvalue weighted by Crippen LogP contribution is 2.26. The molecule has 0 radical (unpaired) electrons. The lowest BCUT2D eigenvalue weighted by molar-refractivity contribution is 0.141. The van der Waals surface area contributed by atoms with Gasteiger partial charge in [-0.05, 0) is 42.9 Å². The number of hydrogen-bond donors (Lipinski definition) is 1. The van der Waals surface area contributed by atoms with E-state index in [1.165, 1.54) is 12.1 Å². The van der Waals surface area contributed by atoms with Crippen LogP contribution in [0.1, 0.15) is 37.7 Å². The summed E-state index contributed by atoms with van der Waals surface area (Å²) in [6, 6.07) is 3.67. The van der Waals surface area contributed by atoms with Gasteiger partial charge in [0.05, 0.1) is 6.10 Å². The SMILES string of the molecule is OC1CCCCC(Cc2cc(F)cc(F)c2)C1. The van der Waals surface area contributed by atoms with Crippen LogP contribution in [0.4, 0.5) is 8.78 Å². The maximum Gasteiger partial charge on any atom is 0.126 e. The van der Waals surface area contributed by atoms with Crippen molar-refractivity contribution in [1.29, 1.82) is 0 Å². The summed E-state index contributed by atoms with van der Waals surface area (Å²) < 4.78 is 26.1. The Balaban J connectivity index is 2.03. The van der Waals surface area contributed by atoms with E-state index in [1.807, 2.05) is 0 Å². The molecule has 0 aliphatic heterocycles. The van der Waals surface area contributed by atoms with Gasteiger partial charge in [0, 0.05) is 6.07 Å². The van der Waals surface area contributed by atoms with Crippen LogP contribution in [0.5, 0.6) is 0 Å². The van der Waals surface area contributed by atoms with Crippen LogP contribution in [0.3, 0.4) is 0 Å². The molecule has 94 valence electrons. The van der Waals surface area contributed by atoms with Gasteiger partial charge in [-0.25, -0.2) is 8.78 Å². The zero-order chi connectivity index (χ0) is 12.3. The van der Waals surface area contributed by atoms with E-state index < -0.39 is 11.6 Å². The van der Waals surface area contributed by atoms with Gasteiger partial charge in [-0.15, -0.1) is 0 Å². The smallest absolute Gasteiger partial charge is 0.126 e. The third-order valence-corrected chi connectivity index (χ3v) is 3.45. The maximum atomic E-state index is 13.0. The summed E-state index contributed by atoms with van der Waals surface area (Å²) in [6.07, 6.45) is 5.20. The summed E-state index contributed by atoms with van der Waals surface area (Å²) in [5, 5.41) is 9.70. The molecule has 1 aliphatic carbocycles. The number of halogens is 2. The zero-order valence-electron chi connectivity index (χ0n) is 9.83. The molecule has 2 rings (SSSR count). The minimum Gasteiger partial charge on any atom is -0.393 e. The van der Waals surface area contributed by atoms with Crippen LogP contribution in [0.25, 0.3) is 0 Å². The minimum atomic E-state index is -0.519. The molecule has 2 atom stereocenters. The molecule has 0 heterocycles. The molecule has 0 spiro atoms. The van der Waals surface area contributed by atoms with Crippen molar-refractivity contribution < 1.29 is 13.9 Å². The molecular formula is C14H18F2O. The molecule has 1 fully saturated rings. The second kappa shape index (κ2) is 5.58. The Morgan fingerprint density at radius 3 is 2.41 bits per heavy atom. The van der Waals surface area contributed by atoms with Gasteiger partial charge < -0.3 is 5.11 Å². The van der Waals surface area contributed by atoms with Crippen LogP contribution < -0.4 is 0 Å². The van der Waals surface area contributed by atoms with Crippen molar-refractivity contribution in [1.82, 2.24) is 0 Å². The van der Waals surface area contributed by atoms with E-state index in [1.54, 1.807) is 0 Å². The molecule has 0 saturated heterocycles. The van der Waals surface area contributed by atoms with Crippen LogP contribution >= 0.6 is 0 Å². The Hall–Kier alpha value is -0.960. The van der Waals surface area contributed by atoms with Crippen LogP contribution in [-0.4, -0.2) is 11.2 Å². The molecule has 0 bridgehead atoms. The lowest BCUT2D eigenvalue weighted by Gasteiger charge is -2.16. The van der Waals surface area contributed by atoms with Crippen molar-refractivity contribution in [3.05, 3.63) is 35.4 Å². The third kappa shape index (κ3) is 3.77. The first kappa shape index (κ1) is 12.5. The summed E-state index contributed by atoms with van der Waals surface area (Å²) in [5.74, 6) is -0.697. The molecule has 0 aromatic heterocycles. The number of aliphatic hydroxyl groups excluding tert-OH is 1. The first-order valence-corrected chi connectivity index (χ1v) is 6.26. The lowest BCUT2D eigenvalue weighted by atomic mass is 9.92. The number of aliphatic hydroxyl groups is 1. The summed E-state index contributed by atoms with van der Waals surface area (Å²) in [5.41, 5.74) is 0.696. The van der Waals surface area contributed by atoms with Crippen LogP contribution in [0.2, 0.25) is 0 Å². The molecule has 17 heavy (non-hydrogen) atoms. The van der Waals surface area contributed by atoms with Gasteiger partial charge in [-0.1, -0.05) is 19.3 Å². The lowest BCUT2D eigenvalue weighted by Crippen LogP contribution is -2.12. The molecule has 3 heteroatoms. The fraction of sp³-hybridized carbons (Fsp3) is 0.571. The van der Waals surface area contributed by atoms with Gasteiger partial charge in [0.1, 0.15) is 11.6 Å². The van der Waals surface area contributed by atoms with Crippen LogP contribution in [0.15, 0.2) is 18.2 Å². The average molecular weight is 240 g/mol. The largest absolute Gasteiger partial charge is 0.393 e. The summed E-state index contributed by atoms with van der Waals surface area (Å²) >= 11 is 0. The van der Waals surface area contributed by atoms with E-state index in [0.29, 0.717) is 17.9 Å². The molecule has 1 nitrogen and oxygen atoms in total. The van der Waals surface area contributed by atoms with Gasteiger partial charge >= 0.3 is 0 Å². The van der Waals surface area contributed by atoms with Crippen molar-refractivity contribution in [2.75, 3.05) is 0 Å². The quantitative estimate of drug-likeness (QED) is 0.785. The predicted octanol–water partition coefficient (Wildman–Crippen LogP) is 3.45. The van der Waals surface area contributed by atoms with Crippen LogP contribution in [-0.2, 0) is 6.42 Å². The van der Waals surface area contributed by atoms with E-state index in [-0.39, 0.29) is 6.10 Å². The normalized spacial score (nSPS) is 25.6. The summed E-state index contributed by atoms with van der Waals surface area (Å²) in [6.45, 7) is 0. The van der Waals surface area contributed by atoms with Crippen molar-refractivity contribution >= 4 is 0 Å². The van der Waals surface area contributed by atoms with Crippen molar-refractivity contribution in [3.8, 4) is 0 Å². The average Bonchev–Trinajstić information content (AvgIpc) is 2.41. The molecule has 0 amide bonds. The van der Waals surface area contributed by atoms with E-state index in [0.717, 1.165) is 38.2 Å². The van der Waals surface area contributed by atoms with Gasteiger partial charge in [0.25, 0.3) is 0 Å². The molecular weight excluding hydrogens is 222 g/mol. The second-order valence-corrected chi connectivity index (χ2v) is 5.02. The molecule has 2 unspecified atom stereocenters. The maximum absolute atomic E-state index is 13.0. The number of hydrogen-bond acceptors (Lipinski definition) is 1. The highest BCUT2D eigenvalue weighted by atomic mass is 19.1. The first-order chi connectivity index (χ1) is 8.13. The van der Waals surface area contributed by atoms with E-state index in [2.05, 4.69) is 0 Å². The standard InChI is InChI=1S/C14H18F2O/c15-12-6-11(7-13(16)9-12)5-10-3-1-2-4-14(17)8-10/h6-7,9-10,14,17H,1-5,8H2. The molecule has 1 N–H and O–H groups in total. The molecule has 1 aromatic carbocycles. The van der Waals surface area contributed by atoms with E-state index in [4.69, 9.17) is 0 Å². The second-order valence-electron chi connectivity index (χ2n) is 5.02. The first-order valence-electron chi connectivity index (χ1n) is 6.26. The van der Waals surface area contributed by atoms with E-state index in [9.17, 15) is 13.9 Å². The Morgan fingerprint density at radius 1 is 1.06 bits per heavy atom. The van der Waals surface area contributed by atoms with E-state index >= 15 is 0 Å². The Bertz CT molecular complexity index is 358. The van der Waals surface area contributed by atoms with Crippen molar-refractivity contribution in [2.24, 2.45) is 5.92 Å². The monoisotopic (exact) mass is 240 g/mol. The fourth-order valence-electron chi connectivity index (χ4n) is 2.68. The zero-order valence-corrected chi connectivity index (χ0v) is 9.83. The fourth-order valence-corrected chi connectivity index (χ4v) is 2.68. The molecule has 1 aliphatic rings.